The first kappa shape index (κ1) is 13.8. The molecule has 0 spiro atoms. The van der Waals surface area contributed by atoms with Gasteiger partial charge in [-0.3, -0.25) is 15.2 Å². The molecule has 2 heterocycles. The highest BCUT2D eigenvalue weighted by molar-refractivity contribution is 5.93. The van der Waals surface area contributed by atoms with Crippen molar-refractivity contribution in [2.45, 2.75) is 24.5 Å². The van der Waals surface area contributed by atoms with Gasteiger partial charge in [0.1, 0.15) is 18.3 Å². The van der Waals surface area contributed by atoms with Crippen molar-refractivity contribution in [1.29, 1.82) is 0 Å². The molecular formula is C11H15N3O5. The van der Waals surface area contributed by atoms with Crippen LogP contribution in [0, 0.1) is 0 Å². The SMILES string of the molecule is O=C(NN[C@@H]1OC[C@@H](O)[C@@H](O)[C@@H]1O)c1cccnc1. The number of hydrazine groups is 1. The molecular weight excluding hydrogens is 254 g/mol. The van der Waals surface area contributed by atoms with Gasteiger partial charge in [0.05, 0.1) is 12.2 Å². The van der Waals surface area contributed by atoms with Gasteiger partial charge in [0.25, 0.3) is 5.91 Å². The number of carbonyl (C=O) groups is 1. The number of hydrogen-bond acceptors (Lipinski definition) is 7. The molecule has 2 rings (SSSR count). The molecule has 5 N–H and O–H groups in total. The van der Waals surface area contributed by atoms with Crippen LogP contribution in [-0.4, -0.2) is 57.4 Å². The summed E-state index contributed by atoms with van der Waals surface area (Å²) in [6.07, 6.45) is -1.91. The number of aliphatic hydroxyl groups is 3. The van der Waals surface area contributed by atoms with Gasteiger partial charge in [-0.25, -0.2) is 5.43 Å². The maximum Gasteiger partial charge on any atom is 0.267 e. The second-order valence-corrected chi connectivity index (χ2v) is 4.14. The van der Waals surface area contributed by atoms with Gasteiger partial charge >= 0.3 is 0 Å². The molecule has 8 heteroatoms. The second-order valence-electron chi connectivity index (χ2n) is 4.14. The first-order chi connectivity index (χ1) is 9.09. The van der Waals surface area contributed by atoms with E-state index in [2.05, 4.69) is 15.8 Å². The molecule has 1 aliphatic rings. The van der Waals surface area contributed by atoms with Gasteiger partial charge < -0.3 is 20.1 Å². The zero-order chi connectivity index (χ0) is 13.8. The van der Waals surface area contributed by atoms with Crippen molar-refractivity contribution in [1.82, 2.24) is 15.8 Å². The molecule has 0 aliphatic carbocycles. The van der Waals surface area contributed by atoms with E-state index in [0.717, 1.165) is 0 Å². The molecule has 0 saturated carbocycles. The van der Waals surface area contributed by atoms with Crippen LogP contribution in [0.2, 0.25) is 0 Å². The maximum atomic E-state index is 11.7. The van der Waals surface area contributed by atoms with Crippen molar-refractivity contribution in [2.75, 3.05) is 6.61 Å². The van der Waals surface area contributed by atoms with Crippen molar-refractivity contribution in [3.05, 3.63) is 30.1 Å². The predicted molar refractivity (Wildman–Crippen MR) is 62.6 cm³/mol. The summed E-state index contributed by atoms with van der Waals surface area (Å²) < 4.78 is 5.06. The summed E-state index contributed by atoms with van der Waals surface area (Å²) in [5.74, 6) is -0.454. The van der Waals surface area contributed by atoms with Crippen molar-refractivity contribution in [3.8, 4) is 0 Å². The number of rotatable bonds is 3. The Balaban J connectivity index is 1.87. The molecule has 0 bridgehead atoms. The van der Waals surface area contributed by atoms with Crippen LogP contribution in [0.15, 0.2) is 24.5 Å². The smallest absolute Gasteiger partial charge is 0.267 e. The second kappa shape index (κ2) is 6.04. The van der Waals surface area contributed by atoms with Crippen molar-refractivity contribution in [3.63, 3.8) is 0 Å². The van der Waals surface area contributed by atoms with Gasteiger partial charge in [-0.15, -0.1) is 0 Å². The number of hydrogen-bond donors (Lipinski definition) is 5. The molecule has 4 atom stereocenters. The third kappa shape index (κ3) is 3.25. The minimum Gasteiger partial charge on any atom is -0.388 e. The van der Waals surface area contributed by atoms with Crippen molar-refractivity contribution in [2.24, 2.45) is 0 Å². The van der Waals surface area contributed by atoms with E-state index < -0.39 is 30.4 Å². The zero-order valence-corrected chi connectivity index (χ0v) is 9.93. The molecule has 1 saturated heterocycles. The van der Waals surface area contributed by atoms with E-state index in [9.17, 15) is 20.1 Å². The molecule has 1 fully saturated rings. The Morgan fingerprint density at radius 2 is 2.16 bits per heavy atom. The summed E-state index contributed by atoms with van der Waals surface area (Å²) in [5, 5.41) is 28.3. The fraction of sp³-hybridized carbons (Fsp3) is 0.455. The van der Waals surface area contributed by atoms with Gasteiger partial charge in [0, 0.05) is 12.4 Å². The van der Waals surface area contributed by atoms with Crippen molar-refractivity contribution >= 4 is 5.91 Å². The number of ether oxygens (including phenoxy) is 1. The van der Waals surface area contributed by atoms with E-state index in [1.807, 2.05) is 0 Å². The monoisotopic (exact) mass is 269 g/mol. The third-order valence-corrected chi connectivity index (χ3v) is 2.75. The van der Waals surface area contributed by atoms with Crippen molar-refractivity contribution < 1.29 is 24.9 Å². The molecule has 8 nitrogen and oxygen atoms in total. The maximum absolute atomic E-state index is 11.7. The fourth-order valence-corrected chi connectivity index (χ4v) is 1.64. The third-order valence-electron chi connectivity index (χ3n) is 2.75. The minimum atomic E-state index is -1.35. The highest BCUT2D eigenvalue weighted by Crippen LogP contribution is 2.13. The Morgan fingerprint density at radius 1 is 1.37 bits per heavy atom. The number of nitrogens with one attached hydrogen (secondary N) is 2. The zero-order valence-electron chi connectivity index (χ0n) is 9.93. The summed E-state index contributed by atoms with van der Waals surface area (Å²) in [6, 6.07) is 3.18. The lowest BCUT2D eigenvalue weighted by Gasteiger charge is -2.35. The van der Waals surface area contributed by atoms with Gasteiger partial charge in [0.2, 0.25) is 0 Å². The normalized spacial score (nSPS) is 30.9. The fourth-order valence-electron chi connectivity index (χ4n) is 1.64. The van der Waals surface area contributed by atoms with E-state index in [0.29, 0.717) is 5.56 Å². The van der Waals surface area contributed by atoms with Crippen LogP contribution in [0.4, 0.5) is 0 Å². The van der Waals surface area contributed by atoms with Crippen LogP contribution < -0.4 is 10.9 Å². The topological polar surface area (TPSA) is 124 Å². The number of amides is 1. The Hall–Kier alpha value is -1.58. The minimum absolute atomic E-state index is 0.140. The quantitative estimate of drug-likeness (QED) is 0.393. The largest absolute Gasteiger partial charge is 0.388 e. The Labute approximate surface area is 109 Å². The lowest BCUT2D eigenvalue weighted by molar-refractivity contribution is -0.197. The Bertz CT molecular complexity index is 430. The molecule has 1 aromatic rings. The van der Waals surface area contributed by atoms with Gasteiger partial charge in [-0.1, -0.05) is 0 Å². The highest BCUT2D eigenvalue weighted by Gasteiger charge is 2.37. The van der Waals surface area contributed by atoms with Crippen LogP contribution >= 0.6 is 0 Å². The molecule has 0 unspecified atom stereocenters. The number of pyridine rings is 1. The summed E-state index contributed by atoms with van der Waals surface area (Å²) in [6.45, 7) is -0.140. The van der Waals surface area contributed by atoms with Crippen LogP contribution in [-0.2, 0) is 4.74 Å². The van der Waals surface area contributed by atoms with Gasteiger partial charge in [-0.05, 0) is 12.1 Å². The number of aliphatic hydroxyl groups excluding tert-OH is 3. The van der Waals surface area contributed by atoms with E-state index in [1.54, 1.807) is 12.1 Å². The molecule has 1 aromatic heterocycles. The average molecular weight is 269 g/mol. The van der Waals surface area contributed by atoms with Gasteiger partial charge in [-0.2, -0.15) is 0 Å². The number of nitrogens with zero attached hydrogens (tertiary/aromatic N) is 1. The van der Waals surface area contributed by atoms with E-state index in [-0.39, 0.29) is 6.61 Å². The van der Waals surface area contributed by atoms with E-state index in [1.165, 1.54) is 12.4 Å². The van der Waals surface area contributed by atoms with Crippen LogP contribution in [0.3, 0.4) is 0 Å². The standard InChI is InChI=1S/C11H15N3O5/c15-7-5-19-11(9(17)8(7)16)14-13-10(18)6-2-1-3-12-4-6/h1-4,7-9,11,14-17H,5H2,(H,13,18)/t7-,8-,9+,11-/m1/s1. The predicted octanol–water partition coefficient (Wildman–Crippen LogP) is -2.24. The molecule has 0 aromatic carbocycles. The number of aromatic nitrogens is 1. The van der Waals surface area contributed by atoms with Gasteiger partial charge in [0.15, 0.2) is 6.23 Å². The van der Waals surface area contributed by atoms with E-state index >= 15 is 0 Å². The summed E-state index contributed by atoms with van der Waals surface area (Å²) >= 11 is 0. The molecule has 19 heavy (non-hydrogen) atoms. The Kier molecular flexibility index (Phi) is 4.40. The summed E-state index contributed by atoms with van der Waals surface area (Å²) in [5.41, 5.74) is 5.11. The number of carbonyl (C=O) groups excluding carboxylic acids is 1. The lowest BCUT2D eigenvalue weighted by Crippen LogP contribution is -2.61. The lowest BCUT2D eigenvalue weighted by atomic mass is 10.1. The molecule has 104 valence electrons. The first-order valence-electron chi connectivity index (χ1n) is 5.71. The first-order valence-corrected chi connectivity index (χ1v) is 5.71. The van der Waals surface area contributed by atoms with E-state index in [4.69, 9.17) is 4.74 Å². The van der Waals surface area contributed by atoms with Crippen LogP contribution in [0.25, 0.3) is 0 Å². The van der Waals surface area contributed by atoms with Crippen LogP contribution in [0.1, 0.15) is 10.4 Å². The summed E-state index contributed by atoms with van der Waals surface area (Å²) in [4.78, 5) is 15.5. The Morgan fingerprint density at radius 3 is 2.84 bits per heavy atom. The molecule has 0 radical (unpaired) electrons. The highest BCUT2D eigenvalue weighted by atomic mass is 16.5. The molecule has 1 aliphatic heterocycles. The van der Waals surface area contributed by atoms with Crippen LogP contribution in [0.5, 0.6) is 0 Å². The average Bonchev–Trinajstić information content (AvgIpc) is 2.45. The molecule has 1 amide bonds. The summed E-state index contributed by atoms with van der Waals surface area (Å²) in [7, 11) is 0.